The Labute approximate surface area is 171 Å². The van der Waals surface area contributed by atoms with E-state index in [1.807, 2.05) is 44.2 Å². The maximum absolute atomic E-state index is 13.0. The standard InChI is InChI=1S/C21H23N5O4/c1-12(2)10-24-16-15(19(29)23(4)21(24)30)26-18(28)13(3)17(27)25(20(26)22-16)11-14-8-6-5-7-9-14/h5-9,12,27H,10-11H2,1-4H3. The van der Waals surface area contributed by atoms with E-state index in [0.717, 1.165) is 10.1 Å². The molecule has 0 aliphatic carbocycles. The van der Waals surface area contributed by atoms with Crippen LogP contribution in [0.2, 0.25) is 0 Å². The predicted molar refractivity (Wildman–Crippen MR) is 113 cm³/mol. The number of nitrogens with zero attached hydrogens (tertiary/aromatic N) is 5. The first kappa shape index (κ1) is 19.7. The van der Waals surface area contributed by atoms with Crippen LogP contribution in [0.5, 0.6) is 5.88 Å². The molecule has 1 aromatic carbocycles. The van der Waals surface area contributed by atoms with Gasteiger partial charge in [0.25, 0.3) is 11.1 Å². The Morgan fingerprint density at radius 2 is 1.70 bits per heavy atom. The van der Waals surface area contributed by atoms with Crippen molar-refractivity contribution in [1.82, 2.24) is 23.1 Å². The normalized spacial score (nSPS) is 11.8. The molecule has 0 atom stereocenters. The molecule has 4 aromatic rings. The van der Waals surface area contributed by atoms with Crippen molar-refractivity contribution in [3.63, 3.8) is 0 Å². The van der Waals surface area contributed by atoms with Crippen LogP contribution >= 0.6 is 0 Å². The molecule has 9 heteroatoms. The summed E-state index contributed by atoms with van der Waals surface area (Å²) in [5.74, 6) is 0.00918. The van der Waals surface area contributed by atoms with Gasteiger partial charge in [0.05, 0.1) is 12.1 Å². The minimum atomic E-state index is -0.601. The van der Waals surface area contributed by atoms with Crippen molar-refractivity contribution in [1.29, 1.82) is 0 Å². The van der Waals surface area contributed by atoms with Crippen LogP contribution in [0.15, 0.2) is 44.7 Å². The third kappa shape index (κ3) is 2.85. The summed E-state index contributed by atoms with van der Waals surface area (Å²) in [7, 11) is 1.39. The number of imidazole rings is 1. The smallest absolute Gasteiger partial charge is 0.332 e. The van der Waals surface area contributed by atoms with E-state index in [1.54, 1.807) is 0 Å². The average molecular weight is 409 g/mol. The molecule has 0 spiro atoms. The van der Waals surface area contributed by atoms with E-state index >= 15 is 0 Å². The highest BCUT2D eigenvalue weighted by molar-refractivity contribution is 5.75. The van der Waals surface area contributed by atoms with Crippen LogP contribution in [-0.2, 0) is 20.1 Å². The van der Waals surface area contributed by atoms with Crippen LogP contribution in [0.1, 0.15) is 25.0 Å². The molecule has 0 saturated carbocycles. The highest BCUT2D eigenvalue weighted by Crippen LogP contribution is 2.21. The fourth-order valence-electron chi connectivity index (χ4n) is 3.67. The number of hydrogen-bond donors (Lipinski definition) is 1. The lowest BCUT2D eigenvalue weighted by Gasteiger charge is -2.13. The van der Waals surface area contributed by atoms with Crippen LogP contribution in [0.3, 0.4) is 0 Å². The third-order valence-electron chi connectivity index (χ3n) is 5.21. The fourth-order valence-corrected chi connectivity index (χ4v) is 3.67. The molecule has 4 rings (SSSR count). The molecule has 30 heavy (non-hydrogen) atoms. The second kappa shape index (κ2) is 7.01. The Hall–Kier alpha value is -3.62. The second-order valence-corrected chi connectivity index (χ2v) is 7.90. The summed E-state index contributed by atoms with van der Waals surface area (Å²) in [4.78, 5) is 43.2. The summed E-state index contributed by atoms with van der Waals surface area (Å²) < 4.78 is 5.08. The highest BCUT2D eigenvalue weighted by Gasteiger charge is 2.23. The van der Waals surface area contributed by atoms with Crippen molar-refractivity contribution in [3.8, 4) is 5.88 Å². The first-order valence-electron chi connectivity index (χ1n) is 9.70. The Morgan fingerprint density at radius 1 is 1.03 bits per heavy atom. The van der Waals surface area contributed by atoms with Crippen molar-refractivity contribution in [2.75, 3.05) is 0 Å². The summed E-state index contributed by atoms with van der Waals surface area (Å²) in [5.41, 5.74) is -0.480. The predicted octanol–water partition coefficient (Wildman–Crippen LogP) is 1.23. The monoisotopic (exact) mass is 409 g/mol. The van der Waals surface area contributed by atoms with E-state index in [1.165, 1.54) is 27.5 Å². The van der Waals surface area contributed by atoms with Crippen LogP contribution in [0, 0.1) is 12.8 Å². The summed E-state index contributed by atoms with van der Waals surface area (Å²) >= 11 is 0. The molecule has 3 heterocycles. The van der Waals surface area contributed by atoms with Gasteiger partial charge >= 0.3 is 5.69 Å². The molecule has 0 amide bonds. The number of hydrogen-bond acceptors (Lipinski definition) is 5. The van der Waals surface area contributed by atoms with Gasteiger partial charge in [0, 0.05) is 13.6 Å². The summed E-state index contributed by atoms with van der Waals surface area (Å²) in [5, 5.41) is 10.7. The lowest BCUT2D eigenvalue weighted by molar-refractivity contribution is 0.414. The topological polar surface area (TPSA) is 104 Å². The van der Waals surface area contributed by atoms with Crippen LogP contribution < -0.4 is 16.8 Å². The molecule has 0 unspecified atom stereocenters. The molecule has 0 aliphatic rings. The number of aromatic nitrogens is 5. The average Bonchev–Trinajstić information content (AvgIpc) is 3.12. The van der Waals surface area contributed by atoms with Crippen molar-refractivity contribution in [2.45, 2.75) is 33.9 Å². The number of aromatic hydroxyl groups is 1. The number of rotatable bonds is 4. The fraction of sp³-hybridized carbons (Fsp3) is 0.333. The van der Waals surface area contributed by atoms with Gasteiger partial charge in [0.1, 0.15) is 0 Å². The lowest BCUT2D eigenvalue weighted by atomic mass is 10.2. The summed E-state index contributed by atoms with van der Waals surface area (Å²) in [6.45, 7) is 5.98. The quantitative estimate of drug-likeness (QED) is 0.546. The SMILES string of the molecule is Cc1c(O)n(Cc2ccccc2)c2nc3c(c(=O)n(C)c(=O)n3CC(C)C)n2c1=O. The minimum Gasteiger partial charge on any atom is -0.494 e. The molecular formula is C21H23N5O4. The molecule has 3 aromatic heterocycles. The van der Waals surface area contributed by atoms with Gasteiger partial charge in [-0.2, -0.15) is 4.98 Å². The Kier molecular flexibility index (Phi) is 4.60. The van der Waals surface area contributed by atoms with Crippen molar-refractivity contribution < 1.29 is 5.11 Å². The van der Waals surface area contributed by atoms with E-state index in [2.05, 4.69) is 4.98 Å². The molecule has 0 saturated heterocycles. The lowest BCUT2D eigenvalue weighted by Crippen LogP contribution is -2.39. The van der Waals surface area contributed by atoms with Gasteiger partial charge in [-0.3, -0.25) is 23.3 Å². The first-order chi connectivity index (χ1) is 14.2. The summed E-state index contributed by atoms with van der Waals surface area (Å²) in [6.07, 6.45) is 0. The zero-order chi connectivity index (χ0) is 21.7. The van der Waals surface area contributed by atoms with Gasteiger partial charge in [-0.05, 0) is 18.4 Å². The van der Waals surface area contributed by atoms with Gasteiger partial charge < -0.3 is 5.11 Å². The molecule has 0 aliphatic heterocycles. The third-order valence-corrected chi connectivity index (χ3v) is 5.21. The van der Waals surface area contributed by atoms with Gasteiger partial charge in [-0.15, -0.1) is 0 Å². The van der Waals surface area contributed by atoms with Crippen molar-refractivity contribution in [2.24, 2.45) is 13.0 Å². The minimum absolute atomic E-state index is 0.0302. The van der Waals surface area contributed by atoms with Crippen LogP contribution in [0.4, 0.5) is 0 Å². The molecule has 0 radical (unpaired) electrons. The molecule has 1 N–H and O–H groups in total. The molecule has 156 valence electrons. The zero-order valence-corrected chi connectivity index (χ0v) is 17.3. The van der Waals surface area contributed by atoms with Gasteiger partial charge in [0.15, 0.2) is 11.2 Å². The largest absolute Gasteiger partial charge is 0.494 e. The van der Waals surface area contributed by atoms with E-state index in [-0.39, 0.29) is 40.8 Å². The Balaban J connectivity index is 2.19. The second-order valence-electron chi connectivity index (χ2n) is 7.90. The van der Waals surface area contributed by atoms with Crippen LogP contribution in [0.25, 0.3) is 16.9 Å². The van der Waals surface area contributed by atoms with E-state index in [0.29, 0.717) is 6.54 Å². The first-order valence-corrected chi connectivity index (χ1v) is 9.70. The van der Waals surface area contributed by atoms with E-state index in [9.17, 15) is 19.5 Å². The molecule has 9 nitrogen and oxygen atoms in total. The highest BCUT2D eigenvalue weighted by atomic mass is 16.3. The molecule has 0 fully saturated rings. The number of fused-ring (bicyclic) bond motifs is 3. The Bertz CT molecular complexity index is 1460. The maximum atomic E-state index is 13.0. The molecular weight excluding hydrogens is 386 g/mol. The maximum Gasteiger partial charge on any atom is 0.332 e. The van der Waals surface area contributed by atoms with Gasteiger partial charge in [0.2, 0.25) is 11.7 Å². The zero-order valence-electron chi connectivity index (χ0n) is 17.3. The summed E-state index contributed by atoms with van der Waals surface area (Å²) in [6, 6.07) is 9.40. The van der Waals surface area contributed by atoms with E-state index < -0.39 is 16.8 Å². The van der Waals surface area contributed by atoms with Gasteiger partial charge in [-0.25, -0.2) is 9.20 Å². The van der Waals surface area contributed by atoms with Crippen LogP contribution in [-0.4, -0.2) is 28.2 Å². The van der Waals surface area contributed by atoms with Crippen molar-refractivity contribution >= 4 is 16.9 Å². The Morgan fingerprint density at radius 3 is 2.33 bits per heavy atom. The van der Waals surface area contributed by atoms with Crippen molar-refractivity contribution in [3.05, 3.63) is 72.7 Å². The number of benzene rings is 1. The van der Waals surface area contributed by atoms with Gasteiger partial charge in [-0.1, -0.05) is 44.2 Å². The molecule has 0 bridgehead atoms. The van der Waals surface area contributed by atoms with E-state index in [4.69, 9.17) is 0 Å².